The number of hydrogen-bond donors (Lipinski definition) is 1. The predicted molar refractivity (Wildman–Crippen MR) is 77.5 cm³/mol. The largest absolute Gasteiger partial charge is 0.480 e. The van der Waals surface area contributed by atoms with E-state index in [9.17, 15) is 18.3 Å². The SMILES string of the molecule is CC1(C(=O)O)CCCCN1C1CCCC(S(C)(=O)=O)C1. The van der Waals surface area contributed by atoms with E-state index in [1.54, 1.807) is 6.92 Å². The summed E-state index contributed by atoms with van der Waals surface area (Å²) in [7, 11) is -3.03. The molecule has 0 aromatic rings. The van der Waals surface area contributed by atoms with Crippen LogP contribution in [0.1, 0.15) is 51.9 Å². The molecule has 1 aliphatic carbocycles. The van der Waals surface area contributed by atoms with Crippen molar-refractivity contribution in [3.8, 4) is 0 Å². The van der Waals surface area contributed by atoms with E-state index >= 15 is 0 Å². The van der Waals surface area contributed by atoms with Crippen LogP contribution in [-0.2, 0) is 14.6 Å². The number of rotatable bonds is 3. The molecule has 3 unspecified atom stereocenters. The van der Waals surface area contributed by atoms with Gasteiger partial charge in [0.1, 0.15) is 15.4 Å². The molecular weight excluding hydrogens is 278 g/mol. The fourth-order valence-electron chi connectivity index (χ4n) is 3.75. The number of nitrogens with zero attached hydrogens (tertiary/aromatic N) is 1. The Balaban J connectivity index is 2.18. The lowest BCUT2D eigenvalue weighted by Gasteiger charge is -2.48. The topological polar surface area (TPSA) is 74.7 Å². The van der Waals surface area contributed by atoms with E-state index in [4.69, 9.17) is 0 Å². The number of carboxylic acids is 1. The highest BCUT2D eigenvalue weighted by atomic mass is 32.2. The smallest absolute Gasteiger partial charge is 0.323 e. The number of likely N-dealkylation sites (tertiary alicyclic amines) is 1. The molecule has 1 N–H and O–H groups in total. The van der Waals surface area contributed by atoms with Crippen LogP contribution in [0.2, 0.25) is 0 Å². The van der Waals surface area contributed by atoms with E-state index < -0.39 is 21.3 Å². The first-order chi connectivity index (χ1) is 9.25. The number of carboxylic acid groups (broad SMARTS) is 1. The van der Waals surface area contributed by atoms with Crippen LogP contribution in [0.25, 0.3) is 0 Å². The molecule has 5 nitrogen and oxygen atoms in total. The Kier molecular flexibility index (Phi) is 4.44. The van der Waals surface area contributed by atoms with E-state index in [-0.39, 0.29) is 11.3 Å². The summed E-state index contributed by atoms with van der Waals surface area (Å²) < 4.78 is 23.6. The zero-order valence-electron chi connectivity index (χ0n) is 12.3. The van der Waals surface area contributed by atoms with Gasteiger partial charge in [-0.05, 0) is 52.0 Å². The van der Waals surface area contributed by atoms with Crippen molar-refractivity contribution in [2.45, 2.75) is 68.7 Å². The summed E-state index contributed by atoms with van der Waals surface area (Å²) in [6, 6.07) is 0.0878. The van der Waals surface area contributed by atoms with Crippen LogP contribution >= 0.6 is 0 Å². The lowest BCUT2D eigenvalue weighted by molar-refractivity contribution is -0.155. The molecule has 6 heteroatoms. The van der Waals surface area contributed by atoms with Crippen molar-refractivity contribution in [1.82, 2.24) is 4.90 Å². The second kappa shape index (κ2) is 5.64. The van der Waals surface area contributed by atoms with Crippen LogP contribution in [-0.4, -0.2) is 54.0 Å². The summed E-state index contributed by atoms with van der Waals surface area (Å²) in [5.41, 5.74) is -0.831. The first-order valence-corrected chi connectivity index (χ1v) is 9.39. The van der Waals surface area contributed by atoms with E-state index in [0.29, 0.717) is 19.3 Å². The van der Waals surface area contributed by atoms with Crippen molar-refractivity contribution in [3.63, 3.8) is 0 Å². The molecule has 0 aromatic heterocycles. The highest BCUT2D eigenvalue weighted by Gasteiger charge is 2.46. The molecule has 0 radical (unpaired) electrons. The van der Waals surface area contributed by atoms with Gasteiger partial charge in [0, 0.05) is 12.3 Å². The molecule has 1 saturated carbocycles. The average Bonchev–Trinajstić information content (AvgIpc) is 2.38. The van der Waals surface area contributed by atoms with Crippen molar-refractivity contribution in [2.24, 2.45) is 0 Å². The molecule has 0 amide bonds. The minimum Gasteiger partial charge on any atom is -0.480 e. The predicted octanol–water partition coefficient (Wildman–Crippen LogP) is 1.67. The maximum absolute atomic E-state index is 11.8. The Morgan fingerprint density at radius 1 is 1.25 bits per heavy atom. The minimum atomic E-state index is -3.03. The highest BCUT2D eigenvalue weighted by Crippen LogP contribution is 2.36. The molecule has 2 rings (SSSR count). The van der Waals surface area contributed by atoms with Crippen molar-refractivity contribution >= 4 is 15.8 Å². The van der Waals surface area contributed by atoms with Gasteiger partial charge in [0.05, 0.1) is 5.25 Å². The minimum absolute atomic E-state index is 0.0878. The van der Waals surface area contributed by atoms with Crippen molar-refractivity contribution in [1.29, 1.82) is 0 Å². The standard InChI is InChI=1S/C14H25NO4S/c1-14(13(16)17)8-3-4-9-15(14)11-6-5-7-12(10-11)20(2,18)19/h11-12H,3-10H2,1-2H3,(H,16,17). The van der Waals surface area contributed by atoms with E-state index in [0.717, 1.165) is 32.2 Å². The fourth-order valence-corrected chi connectivity index (χ4v) is 4.92. The summed E-state index contributed by atoms with van der Waals surface area (Å²) in [5.74, 6) is -0.779. The van der Waals surface area contributed by atoms with E-state index in [1.165, 1.54) is 6.26 Å². The lowest BCUT2D eigenvalue weighted by Crippen LogP contribution is -2.60. The van der Waals surface area contributed by atoms with Gasteiger partial charge < -0.3 is 5.11 Å². The number of aliphatic carboxylic acids is 1. The number of carbonyl (C=O) groups is 1. The van der Waals surface area contributed by atoms with Gasteiger partial charge in [-0.15, -0.1) is 0 Å². The molecule has 2 aliphatic rings. The summed E-state index contributed by atoms with van der Waals surface area (Å²) in [6.07, 6.45) is 6.97. The van der Waals surface area contributed by atoms with Gasteiger partial charge in [-0.1, -0.05) is 6.42 Å². The van der Waals surface area contributed by atoms with Gasteiger partial charge in [0.2, 0.25) is 0 Å². The van der Waals surface area contributed by atoms with Crippen molar-refractivity contribution in [2.75, 3.05) is 12.8 Å². The first kappa shape index (κ1) is 15.8. The lowest BCUT2D eigenvalue weighted by atomic mass is 9.83. The Labute approximate surface area is 121 Å². The van der Waals surface area contributed by atoms with E-state index in [2.05, 4.69) is 4.90 Å². The molecule has 2 fully saturated rings. The Morgan fingerprint density at radius 2 is 1.95 bits per heavy atom. The zero-order valence-corrected chi connectivity index (χ0v) is 13.2. The molecule has 3 atom stereocenters. The van der Waals surface area contributed by atoms with Crippen LogP contribution in [0.5, 0.6) is 0 Å². The van der Waals surface area contributed by atoms with Crippen LogP contribution in [0.3, 0.4) is 0 Å². The van der Waals surface area contributed by atoms with Gasteiger partial charge in [0.15, 0.2) is 0 Å². The Morgan fingerprint density at radius 3 is 2.55 bits per heavy atom. The second-order valence-electron chi connectivity index (χ2n) is 6.50. The summed E-state index contributed by atoms with van der Waals surface area (Å²) >= 11 is 0. The van der Waals surface area contributed by atoms with Gasteiger partial charge in [-0.3, -0.25) is 9.69 Å². The third-order valence-corrected chi connectivity index (χ3v) is 6.69. The molecular formula is C14H25NO4S. The number of piperidine rings is 1. The maximum atomic E-state index is 11.8. The van der Waals surface area contributed by atoms with Crippen LogP contribution in [0.15, 0.2) is 0 Å². The van der Waals surface area contributed by atoms with Crippen LogP contribution < -0.4 is 0 Å². The van der Waals surface area contributed by atoms with Crippen molar-refractivity contribution < 1.29 is 18.3 Å². The first-order valence-electron chi connectivity index (χ1n) is 7.44. The molecule has 1 saturated heterocycles. The second-order valence-corrected chi connectivity index (χ2v) is 8.83. The van der Waals surface area contributed by atoms with Gasteiger partial charge in [0.25, 0.3) is 0 Å². The molecule has 116 valence electrons. The molecule has 0 aromatic carbocycles. The molecule has 0 spiro atoms. The molecule has 1 aliphatic heterocycles. The fraction of sp³-hybridized carbons (Fsp3) is 0.929. The molecule has 0 bridgehead atoms. The van der Waals surface area contributed by atoms with Crippen LogP contribution in [0, 0.1) is 0 Å². The normalized spacial score (nSPS) is 36.7. The summed E-state index contributed by atoms with van der Waals surface area (Å²) in [5, 5.41) is 9.26. The number of sulfone groups is 1. The summed E-state index contributed by atoms with van der Waals surface area (Å²) in [4.78, 5) is 13.7. The van der Waals surface area contributed by atoms with Crippen molar-refractivity contribution in [3.05, 3.63) is 0 Å². The third kappa shape index (κ3) is 3.01. The third-order valence-electron chi connectivity index (χ3n) is 5.05. The number of hydrogen-bond acceptors (Lipinski definition) is 4. The van der Waals surface area contributed by atoms with Gasteiger partial charge >= 0.3 is 5.97 Å². The van der Waals surface area contributed by atoms with E-state index in [1.807, 2.05) is 0 Å². The average molecular weight is 303 g/mol. The zero-order chi connectivity index (χ0) is 15.0. The summed E-state index contributed by atoms with van der Waals surface area (Å²) in [6.45, 7) is 2.56. The quantitative estimate of drug-likeness (QED) is 0.858. The molecule has 20 heavy (non-hydrogen) atoms. The maximum Gasteiger partial charge on any atom is 0.323 e. The van der Waals surface area contributed by atoms with Gasteiger partial charge in [-0.25, -0.2) is 8.42 Å². The van der Waals surface area contributed by atoms with Crippen LogP contribution in [0.4, 0.5) is 0 Å². The Bertz CT molecular complexity index is 476. The monoisotopic (exact) mass is 303 g/mol. The highest BCUT2D eigenvalue weighted by molar-refractivity contribution is 7.91. The van der Waals surface area contributed by atoms with Gasteiger partial charge in [-0.2, -0.15) is 0 Å². The molecule has 1 heterocycles. The Hall–Kier alpha value is -0.620.